The van der Waals surface area contributed by atoms with Gasteiger partial charge >= 0.3 is 0 Å². The van der Waals surface area contributed by atoms with Crippen LogP contribution < -0.4 is 10.5 Å². The lowest BCUT2D eigenvalue weighted by molar-refractivity contribution is -0.129. The van der Waals surface area contributed by atoms with Crippen LogP contribution >= 0.6 is 0 Å². The Morgan fingerprint density at radius 2 is 1.86 bits per heavy atom. The van der Waals surface area contributed by atoms with Crippen LogP contribution in [0.25, 0.3) is 0 Å². The molecule has 0 aliphatic rings. The van der Waals surface area contributed by atoms with Crippen LogP contribution in [0, 0.1) is 0 Å². The molecule has 0 spiro atoms. The van der Waals surface area contributed by atoms with Crippen molar-refractivity contribution >= 4 is 11.6 Å². The molecular formula is C17H20N2O2. The van der Waals surface area contributed by atoms with Crippen molar-refractivity contribution in [1.29, 1.82) is 0 Å². The lowest BCUT2D eigenvalue weighted by Gasteiger charge is -2.17. The zero-order chi connectivity index (χ0) is 15.2. The van der Waals surface area contributed by atoms with Gasteiger partial charge in [0.1, 0.15) is 5.75 Å². The van der Waals surface area contributed by atoms with Crippen molar-refractivity contribution in [3.8, 4) is 5.75 Å². The van der Waals surface area contributed by atoms with Crippen molar-refractivity contribution in [3.63, 3.8) is 0 Å². The number of anilines is 1. The molecule has 0 fully saturated rings. The summed E-state index contributed by atoms with van der Waals surface area (Å²) in [6.45, 7) is 0.556. The fourth-order valence-electron chi connectivity index (χ4n) is 2.11. The van der Waals surface area contributed by atoms with Gasteiger partial charge in [0.2, 0.25) is 5.91 Å². The molecule has 2 N–H and O–H groups in total. The summed E-state index contributed by atoms with van der Waals surface area (Å²) in [5, 5.41) is 0. The minimum atomic E-state index is 0.0718. The Bertz CT molecular complexity index is 608. The van der Waals surface area contributed by atoms with Crippen LogP contribution in [0.2, 0.25) is 0 Å². The SMILES string of the molecule is COc1ccc(CC(=O)N(C)Cc2cccc(N)c2)cc1. The maximum atomic E-state index is 12.2. The van der Waals surface area contributed by atoms with Gasteiger partial charge in [0.05, 0.1) is 13.5 Å². The van der Waals surface area contributed by atoms with Gasteiger partial charge in [-0.2, -0.15) is 0 Å². The third-order valence-corrected chi connectivity index (χ3v) is 3.31. The third-order valence-electron chi connectivity index (χ3n) is 3.31. The standard InChI is InChI=1S/C17H20N2O2/c1-19(12-14-4-3-5-15(18)10-14)17(20)11-13-6-8-16(21-2)9-7-13/h3-10H,11-12,18H2,1-2H3. The van der Waals surface area contributed by atoms with E-state index < -0.39 is 0 Å². The number of nitrogens with two attached hydrogens (primary N) is 1. The number of hydrogen-bond donors (Lipinski definition) is 1. The smallest absolute Gasteiger partial charge is 0.227 e. The summed E-state index contributed by atoms with van der Waals surface area (Å²) in [4.78, 5) is 13.9. The van der Waals surface area contributed by atoms with E-state index in [0.29, 0.717) is 18.7 Å². The van der Waals surface area contributed by atoms with Crippen molar-refractivity contribution in [2.24, 2.45) is 0 Å². The van der Waals surface area contributed by atoms with Crippen LogP contribution in [0.5, 0.6) is 5.75 Å². The van der Waals surface area contributed by atoms with Gasteiger partial charge in [-0.3, -0.25) is 4.79 Å². The molecule has 0 bridgehead atoms. The van der Waals surface area contributed by atoms with Crippen LogP contribution in [-0.2, 0) is 17.8 Å². The molecule has 1 amide bonds. The summed E-state index contributed by atoms with van der Waals surface area (Å²) in [5.41, 5.74) is 8.46. The zero-order valence-electron chi connectivity index (χ0n) is 12.4. The summed E-state index contributed by atoms with van der Waals surface area (Å²) in [5.74, 6) is 0.863. The first-order valence-corrected chi connectivity index (χ1v) is 6.80. The third kappa shape index (κ3) is 4.24. The molecule has 0 unspecified atom stereocenters. The maximum absolute atomic E-state index is 12.2. The first kappa shape index (κ1) is 14.9. The second-order valence-electron chi connectivity index (χ2n) is 5.02. The largest absolute Gasteiger partial charge is 0.497 e. The average Bonchev–Trinajstić information content (AvgIpc) is 2.48. The van der Waals surface area contributed by atoms with Crippen molar-refractivity contribution < 1.29 is 9.53 Å². The van der Waals surface area contributed by atoms with Gasteiger partial charge in [0.15, 0.2) is 0 Å². The van der Waals surface area contributed by atoms with Gasteiger partial charge in [-0.15, -0.1) is 0 Å². The number of benzene rings is 2. The first-order valence-electron chi connectivity index (χ1n) is 6.80. The van der Waals surface area contributed by atoms with Gasteiger partial charge in [-0.05, 0) is 35.4 Å². The van der Waals surface area contributed by atoms with Crippen LogP contribution in [-0.4, -0.2) is 25.0 Å². The highest BCUT2D eigenvalue weighted by Gasteiger charge is 2.10. The Labute approximate surface area is 125 Å². The number of rotatable bonds is 5. The van der Waals surface area contributed by atoms with Crippen molar-refractivity contribution in [3.05, 3.63) is 59.7 Å². The van der Waals surface area contributed by atoms with E-state index in [4.69, 9.17) is 10.5 Å². The Balaban J connectivity index is 1.95. The number of likely N-dealkylation sites (N-methyl/N-ethyl adjacent to an activating group) is 1. The zero-order valence-corrected chi connectivity index (χ0v) is 12.4. The summed E-state index contributed by atoms with van der Waals surface area (Å²) in [6, 6.07) is 15.1. The monoisotopic (exact) mass is 284 g/mol. The quantitative estimate of drug-likeness (QED) is 0.858. The predicted molar refractivity (Wildman–Crippen MR) is 84.0 cm³/mol. The molecule has 0 radical (unpaired) electrons. The minimum Gasteiger partial charge on any atom is -0.497 e. The Hall–Kier alpha value is -2.49. The summed E-state index contributed by atoms with van der Waals surface area (Å²) < 4.78 is 5.10. The number of nitrogens with zero attached hydrogens (tertiary/aromatic N) is 1. The second-order valence-corrected chi connectivity index (χ2v) is 5.02. The predicted octanol–water partition coefficient (Wildman–Crippen LogP) is 2.48. The molecule has 0 saturated heterocycles. The normalized spacial score (nSPS) is 10.2. The van der Waals surface area contributed by atoms with Gasteiger partial charge in [-0.25, -0.2) is 0 Å². The van der Waals surface area contributed by atoms with Gasteiger partial charge < -0.3 is 15.4 Å². The molecule has 0 heterocycles. The van der Waals surface area contributed by atoms with E-state index in [2.05, 4.69) is 0 Å². The van der Waals surface area contributed by atoms with Crippen molar-refractivity contribution in [1.82, 2.24) is 4.90 Å². The molecule has 110 valence electrons. The molecule has 0 saturated carbocycles. The number of amides is 1. The minimum absolute atomic E-state index is 0.0718. The number of nitrogen functional groups attached to an aromatic ring is 1. The van der Waals surface area contributed by atoms with E-state index in [9.17, 15) is 4.79 Å². The lowest BCUT2D eigenvalue weighted by atomic mass is 10.1. The van der Waals surface area contributed by atoms with E-state index >= 15 is 0 Å². The van der Waals surface area contributed by atoms with E-state index in [1.807, 2.05) is 48.5 Å². The Morgan fingerprint density at radius 1 is 1.14 bits per heavy atom. The second kappa shape index (κ2) is 6.79. The molecule has 2 aromatic rings. The highest BCUT2D eigenvalue weighted by Crippen LogP contribution is 2.13. The topological polar surface area (TPSA) is 55.6 Å². The van der Waals surface area contributed by atoms with Gasteiger partial charge in [0, 0.05) is 19.3 Å². The molecule has 2 aromatic carbocycles. The Morgan fingerprint density at radius 3 is 2.48 bits per heavy atom. The van der Waals surface area contributed by atoms with Gasteiger partial charge in [-0.1, -0.05) is 24.3 Å². The average molecular weight is 284 g/mol. The molecule has 21 heavy (non-hydrogen) atoms. The highest BCUT2D eigenvalue weighted by molar-refractivity contribution is 5.78. The number of ether oxygens (including phenoxy) is 1. The summed E-state index contributed by atoms with van der Waals surface area (Å²) in [6.07, 6.45) is 0.378. The molecular weight excluding hydrogens is 264 g/mol. The number of carbonyl (C=O) groups excluding carboxylic acids is 1. The molecule has 2 rings (SSSR count). The van der Waals surface area contributed by atoms with Crippen molar-refractivity contribution in [2.45, 2.75) is 13.0 Å². The van der Waals surface area contributed by atoms with Gasteiger partial charge in [0.25, 0.3) is 0 Å². The molecule has 0 atom stereocenters. The molecule has 0 aliphatic heterocycles. The van der Waals surface area contributed by atoms with E-state index in [0.717, 1.165) is 16.9 Å². The first-order chi connectivity index (χ1) is 10.1. The highest BCUT2D eigenvalue weighted by atomic mass is 16.5. The number of hydrogen-bond acceptors (Lipinski definition) is 3. The van der Waals surface area contributed by atoms with E-state index in [1.54, 1.807) is 19.1 Å². The van der Waals surface area contributed by atoms with E-state index in [1.165, 1.54) is 0 Å². The number of carbonyl (C=O) groups is 1. The lowest BCUT2D eigenvalue weighted by Crippen LogP contribution is -2.27. The Kier molecular flexibility index (Phi) is 4.82. The van der Waals surface area contributed by atoms with Crippen LogP contribution in [0.15, 0.2) is 48.5 Å². The number of methoxy groups -OCH3 is 1. The fraction of sp³-hybridized carbons (Fsp3) is 0.235. The molecule has 0 aliphatic carbocycles. The van der Waals surface area contributed by atoms with Crippen LogP contribution in [0.3, 0.4) is 0 Å². The van der Waals surface area contributed by atoms with Crippen molar-refractivity contribution in [2.75, 3.05) is 19.9 Å². The molecule has 4 heteroatoms. The van der Waals surface area contributed by atoms with E-state index in [-0.39, 0.29) is 5.91 Å². The van der Waals surface area contributed by atoms with Crippen LogP contribution in [0.4, 0.5) is 5.69 Å². The maximum Gasteiger partial charge on any atom is 0.227 e. The summed E-state index contributed by atoms with van der Waals surface area (Å²) in [7, 11) is 3.43. The van der Waals surface area contributed by atoms with Crippen LogP contribution in [0.1, 0.15) is 11.1 Å². The summed E-state index contributed by atoms with van der Waals surface area (Å²) >= 11 is 0. The molecule has 4 nitrogen and oxygen atoms in total. The fourth-order valence-corrected chi connectivity index (χ4v) is 2.11. The molecule has 0 aromatic heterocycles.